The second kappa shape index (κ2) is 6.25. The molecule has 0 saturated heterocycles. The fraction of sp³-hybridized carbons (Fsp3) is 0.864. The molecule has 0 spiro atoms. The third-order valence-corrected chi connectivity index (χ3v) is 9.16. The Kier molecular flexibility index (Phi) is 4.51. The van der Waals surface area contributed by atoms with Crippen LogP contribution < -0.4 is 0 Å². The van der Waals surface area contributed by atoms with E-state index >= 15 is 0 Å². The summed E-state index contributed by atoms with van der Waals surface area (Å²) in [5.41, 5.74) is 3.86. The van der Waals surface area contributed by atoms with Gasteiger partial charge in [0.1, 0.15) is 5.78 Å². The molecule has 0 heterocycles. The molecule has 0 bridgehead atoms. The minimum Gasteiger partial charge on any atom is -0.298 e. The summed E-state index contributed by atoms with van der Waals surface area (Å²) in [5, 5.41) is 0.553. The lowest BCUT2D eigenvalue weighted by Crippen LogP contribution is -2.47. The molecule has 0 aromatic carbocycles. The van der Waals surface area contributed by atoms with Gasteiger partial charge in [0.05, 0.1) is 5.33 Å². The maximum absolute atomic E-state index is 12.5. The van der Waals surface area contributed by atoms with Crippen LogP contribution in [-0.2, 0) is 4.79 Å². The van der Waals surface area contributed by atoms with E-state index in [0.29, 0.717) is 17.0 Å². The van der Waals surface area contributed by atoms with Crippen LogP contribution in [0.3, 0.4) is 0 Å². The zero-order chi connectivity index (χ0) is 17.1. The number of carbonyl (C=O) groups excluding carboxylic acids is 1. The Bertz CT molecular complexity index is 564. The van der Waals surface area contributed by atoms with Crippen LogP contribution in [0.15, 0.2) is 11.1 Å². The first-order chi connectivity index (χ1) is 11.5. The lowest BCUT2D eigenvalue weighted by Gasteiger charge is -2.54. The van der Waals surface area contributed by atoms with E-state index in [-0.39, 0.29) is 5.41 Å². The van der Waals surface area contributed by atoms with Crippen LogP contribution in [0.1, 0.15) is 72.1 Å². The standard InChI is InChI=1S/C22H33BrO/c1-13-4-5-15-16-8-9-22(3)19(6-7-20(22)21(24)12-23)18(16)11-14(2)17(15)10-13/h13,15-16,18-20H,4-12H2,1-3H3. The number of allylic oxidation sites excluding steroid dienone is 2. The van der Waals surface area contributed by atoms with Gasteiger partial charge in [0.15, 0.2) is 0 Å². The summed E-state index contributed by atoms with van der Waals surface area (Å²) in [5.74, 6) is 5.14. The van der Waals surface area contributed by atoms with E-state index < -0.39 is 0 Å². The number of fused-ring (bicyclic) bond motifs is 5. The summed E-state index contributed by atoms with van der Waals surface area (Å²) >= 11 is 3.44. The lowest BCUT2D eigenvalue weighted by molar-refractivity contribution is -0.126. The molecule has 4 aliphatic rings. The van der Waals surface area contributed by atoms with Crippen LogP contribution in [0.2, 0.25) is 0 Å². The van der Waals surface area contributed by atoms with E-state index in [1.54, 1.807) is 5.57 Å². The number of halogens is 1. The monoisotopic (exact) mass is 392 g/mol. The van der Waals surface area contributed by atoms with Crippen molar-refractivity contribution in [3.8, 4) is 0 Å². The van der Waals surface area contributed by atoms with Crippen molar-refractivity contribution in [3.63, 3.8) is 0 Å². The van der Waals surface area contributed by atoms with E-state index in [1.165, 1.54) is 44.9 Å². The van der Waals surface area contributed by atoms with Crippen molar-refractivity contribution in [1.29, 1.82) is 0 Å². The van der Waals surface area contributed by atoms with Gasteiger partial charge in [0.2, 0.25) is 0 Å². The molecule has 0 amide bonds. The predicted molar refractivity (Wildman–Crippen MR) is 103 cm³/mol. The van der Waals surface area contributed by atoms with Gasteiger partial charge in [0.25, 0.3) is 0 Å². The lowest BCUT2D eigenvalue weighted by atomic mass is 9.50. The van der Waals surface area contributed by atoms with Crippen molar-refractivity contribution in [2.24, 2.45) is 40.9 Å². The zero-order valence-electron chi connectivity index (χ0n) is 15.6. The smallest absolute Gasteiger partial charge is 0.147 e. The highest BCUT2D eigenvalue weighted by Gasteiger charge is 2.57. The summed E-state index contributed by atoms with van der Waals surface area (Å²) in [6, 6.07) is 0. The molecule has 2 heteroatoms. The van der Waals surface area contributed by atoms with E-state index in [0.717, 1.165) is 36.0 Å². The molecule has 24 heavy (non-hydrogen) atoms. The minimum absolute atomic E-state index is 0.283. The molecule has 4 rings (SSSR count). The van der Waals surface area contributed by atoms with E-state index in [9.17, 15) is 4.79 Å². The summed E-state index contributed by atoms with van der Waals surface area (Å²) in [6.07, 6.45) is 10.7. The van der Waals surface area contributed by atoms with Crippen molar-refractivity contribution in [1.82, 2.24) is 0 Å². The predicted octanol–water partition coefficient (Wildman–Crippen LogP) is 6.17. The Morgan fingerprint density at radius 3 is 2.67 bits per heavy atom. The van der Waals surface area contributed by atoms with Gasteiger partial charge in [-0.05, 0) is 93.3 Å². The van der Waals surface area contributed by atoms with Gasteiger partial charge >= 0.3 is 0 Å². The number of rotatable bonds is 2. The van der Waals surface area contributed by atoms with Gasteiger partial charge in [-0.2, -0.15) is 0 Å². The van der Waals surface area contributed by atoms with Crippen LogP contribution in [0.25, 0.3) is 0 Å². The molecule has 134 valence electrons. The van der Waals surface area contributed by atoms with Crippen molar-refractivity contribution in [2.45, 2.75) is 72.1 Å². The zero-order valence-corrected chi connectivity index (χ0v) is 17.2. The van der Waals surface area contributed by atoms with Crippen LogP contribution in [-0.4, -0.2) is 11.1 Å². The van der Waals surface area contributed by atoms with Crippen LogP contribution in [0.5, 0.6) is 0 Å². The molecule has 0 aromatic rings. The molecule has 0 aliphatic heterocycles. The summed E-state index contributed by atoms with van der Waals surface area (Å²) in [4.78, 5) is 12.5. The highest BCUT2D eigenvalue weighted by molar-refractivity contribution is 9.09. The van der Waals surface area contributed by atoms with Crippen molar-refractivity contribution in [3.05, 3.63) is 11.1 Å². The normalized spacial score (nSPS) is 47.8. The Labute approximate surface area is 156 Å². The maximum atomic E-state index is 12.5. The fourth-order valence-electron chi connectivity index (χ4n) is 7.45. The number of alkyl halides is 1. The molecule has 0 aromatic heterocycles. The molecule has 7 atom stereocenters. The largest absolute Gasteiger partial charge is 0.298 e. The second-order valence-electron chi connectivity index (χ2n) is 9.71. The van der Waals surface area contributed by atoms with Crippen LogP contribution in [0, 0.1) is 40.9 Å². The average Bonchev–Trinajstić information content (AvgIpc) is 2.92. The highest BCUT2D eigenvalue weighted by atomic mass is 79.9. The van der Waals surface area contributed by atoms with E-state index in [1.807, 2.05) is 5.57 Å². The SMILES string of the molecule is CC1=C2CC(C)CCC2C2CCC3(C)C(C(=O)CBr)CCC3C2C1. The second-order valence-corrected chi connectivity index (χ2v) is 10.3. The van der Waals surface area contributed by atoms with Gasteiger partial charge in [-0.3, -0.25) is 4.79 Å². The van der Waals surface area contributed by atoms with Crippen LogP contribution in [0.4, 0.5) is 0 Å². The number of Topliss-reactive ketones (excluding diaryl/α,β-unsaturated/α-hetero) is 1. The van der Waals surface area contributed by atoms with Gasteiger partial charge < -0.3 is 0 Å². The van der Waals surface area contributed by atoms with E-state index in [4.69, 9.17) is 0 Å². The van der Waals surface area contributed by atoms with Crippen LogP contribution >= 0.6 is 15.9 Å². The first-order valence-electron chi connectivity index (χ1n) is 10.2. The minimum atomic E-state index is 0.283. The van der Waals surface area contributed by atoms with Gasteiger partial charge in [-0.25, -0.2) is 0 Å². The molecule has 0 N–H and O–H groups in total. The molecule has 0 radical (unpaired) electrons. The van der Waals surface area contributed by atoms with Gasteiger partial charge in [-0.1, -0.05) is 40.9 Å². The molecule has 1 nitrogen and oxygen atoms in total. The van der Waals surface area contributed by atoms with Gasteiger partial charge in [-0.15, -0.1) is 0 Å². The Balaban J connectivity index is 1.63. The third-order valence-electron chi connectivity index (χ3n) is 8.61. The highest BCUT2D eigenvalue weighted by Crippen LogP contribution is 2.64. The van der Waals surface area contributed by atoms with Gasteiger partial charge in [0, 0.05) is 5.92 Å². The van der Waals surface area contributed by atoms with Crippen molar-refractivity contribution in [2.75, 3.05) is 5.33 Å². The topological polar surface area (TPSA) is 17.1 Å². The summed E-state index contributed by atoms with van der Waals surface area (Å²) < 4.78 is 0. The first kappa shape index (κ1) is 17.3. The molecule has 4 aliphatic carbocycles. The quantitative estimate of drug-likeness (QED) is 0.405. The number of carbonyl (C=O) groups is 1. The Morgan fingerprint density at radius 1 is 1.12 bits per heavy atom. The number of hydrogen-bond acceptors (Lipinski definition) is 1. The number of hydrogen-bond donors (Lipinski definition) is 0. The Hall–Kier alpha value is -0.110. The molecule has 3 saturated carbocycles. The maximum Gasteiger partial charge on any atom is 0.147 e. The molecule has 7 unspecified atom stereocenters. The van der Waals surface area contributed by atoms with E-state index in [2.05, 4.69) is 36.7 Å². The molecular weight excluding hydrogens is 360 g/mol. The van der Waals surface area contributed by atoms with Crippen molar-refractivity contribution < 1.29 is 4.79 Å². The van der Waals surface area contributed by atoms with Crippen molar-refractivity contribution >= 4 is 21.7 Å². The average molecular weight is 393 g/mol. The Morgan fingerprint density at radius 2 is 1.92 bits per heavy atom. The fourth-order valence-corrected chi connectivity index (χ4v) is 7.84. The summed E-state index contributed by atoms with van der Waals surface area (Å²) in [7, 11) is 0. The molecular formula is C22H33BrO. The third kappa shape index (κ3) is 2.49. The molecule has 3 fully saturated rings. The number of ketones is 1. The first-order valence-corrected chi connectivity index (χ1v) is 11.3. The summed E-state index contributed by atoms with van der Waals surface area (Å²) in [6.45, 7) is 7.33.